The lowest BCUT2D eigenvalue weighted by Gasteiger charge is -2.45. The minimum atomic E-state index is -4.96. The molecule has 0 bridgehead atoms. The van der Waals surface area contributed by atoms with Crippen LogP contribution in [0, 0.1) is 0 Å². The molecule has 6 nitrogen and oxygen atoms in total. The number of likely N-dealkylation sites (tertiary alicyclic amines) is 1. The van der Waals surface area contributed by atoms with Gasteiger partial charge in [-0.25, -0.2) is 0 Å². The standard InChI is InChI=1S/C34H34Cl2F6N4O2/c1-22(47)43-32(25-5-3-2-4-6-25)9-11-44(12-10-32)21-31(48)46-14-13-45(20-30(46)24-7-8-28(35)29(36)17-24)19-23-15-26(33(37,38)39)18-27(16-23)34(40,41)42/h2-8,15-18,30H,9-14,19-21H2,1H3,(H,43,47). The molecular weight excluding hydrogens is 681 g/mol. The maximum absolute atomic E-state index is 13.9. The SMILES string of the molecule is CC(=O)NC1(c2ccccc2)CCN(CC(=O)N2CCN(Cc3cc(C(F)(F)F)cc(C(F)(F)F)c3)CC2c2ccc(Cl)c(Cl)c2)CC1. The minimum Gasteiger partial charge on any atom is -0.347 e. The van der Waals surface area contributed by atoms with Gasteiger partial charge in [0.15, 0.2) is 0 Å². The van der Waals surface area contributed by atoms with E-state index in [-0.39, 0.29) is 61.2 Å². The molecule has 0 aromatic heterocycles. The molecule has 1 N–H and O–H groups in total. The molecule has 3 aromatic carbocycles. The normalized spacial score (nSPS) is 19.3. The van der Waals surface area contributed by atoms with Gasteiger partial charge in [-0.1, -0.05) is 59.6 Å². The largest absolute Gasteiger partial charge is 0.416 e. The highest BCUT2D eigenvalue weighted by molar-refractivity contribution is 6.42. The van der Waals surface area contributed by atoms with E-state index < -0.39 is 35.1 Å². The van der Waals surface area contributed by atoms with Gasteiger partial charge in [0.2, 0.25) is 11.8 Å². The van der Waals surface area contributed by atoms with Crippen LogP contribution in [0.15, 0.2) is 66.7 Å². The molecule has 258 valence electrons. The Morgan fingerprint density at radius 1 is 0.812 bits per heavy atom. The predicted octanol–water partition coefficient (Wildman–Crippen LogP) is 7.54. The zero-order valence-corrected chi connectivity index (χ0v) is 27.5. The van der Waals surface area contributed by atoms with Crippen molar-refractivity contribution in [3.63, 3.8) is 0 Å². The molecular formula is C34H34Cl2F6N4O2. The van der Waals surface area contributed by atoms with Gasteiger partial charge < -0.3 is 10.2 Å². The van der Waals surface area contributed by atoms with E-state index in [0.717, 1.165) is 17.7 Å². The van der Waals surface area contributed by atoms with Crippen LogP contribution in [0.25, 0.3) is 0 Å². The first-order chi connectivity index (χ1) is 22.5. The zero-order chi connectivity index (χ0) is 34.9. The third kappa shape index (κ3) is 8.45. The Morgan fingerprint density at radius 3 is 2.00 bits per heavy atom. The van der Waals surface area contributed by atoms with Gasteiger partial charge in [0.25, 0.3) is 0 Å². The number of hydrogen-bond acceptors (Lipinski definition) is 4. The highest BCUT2D eigenvalue weighted by atomic mass is 35.5. The van der Waals surface area contributed by atoms with Gasteiger partial charge in [0, 0.05) is 46.2 Å². The fraction of sp³-hybridized carbons (Fsp3) is 0.412. The van der Waals surface area contributed by atoms with Crippen LogP contribution in [-0.2, 0) is 34.0 Å². The van der Waals surface area contributed by atoms with Gasteiger partial charge >= 0.3 is 12.4 Å². The van der Waals surface area contributed by atoms with Gasteiger partial charge in [-0.3, -0.25) is 19.4 Å². The lowest BCUT2D eigenvalue weighted by atomic mass is 9.80. The second-order valence-corrected chi connectivity index (χ2v) is 13.1. The van der Waals surface area contributed by atoms with Crippen LogP contribution in [0.4, 0.5) is 26.3 Å². The van der Waals surface area contributed by atoms with Crippen LogP contribution in [0.2, 0.25) is 10.0 Å². The van der Waals surface area contributed by atoms with E-state index in [0.29, 0.717) is 36.5 Å². The second kappa shape index (κ2) is 14.3. The number of piperidine rings is 1. The Kier molecular flexibility index (Phi) is 10.7. The highest BCUT2D eigenvalue weighted by Crippen LogP contribution is 2.38. The van der Waals surface area contributed by atoms with E-state index in [1.54, 1.807) is 28.0 Å². The summed E-state index contributed by atoms with van der Waals surface area (Å²) < 4.78 is 81.1. The van der Waals surface area contributed by atoms with Crippen molar-refractivity contribution in [2.75, 3.05) is 39.3 Å². The predicted molar refractivity (Wildman–Crippen MR) is 170 cm³/mol. The zero-order valence-electron chi connectivity index (χ0n) is 26.0. The van der Waals surface area contributed by atoms with E-state index in [1.165, 1.54) is 6.92 Å². The number of benzene rings is 3. The molecule has 2 heterocycles. The summed E-state index contributed by atoms with van der Waals surface area (Å²) in [5.41, 5.74) is -1.83. The first-order valence-electron chi connectivity index (χ1n) is 15.4. The van der Waals surface area contributed by atoms with Crippen molar-refractivity contribution in [2.45, 2.75) is 50.2 Å². The summed E-state index contributed by atoms with van der Waals surface area (Å²) in [6.07, 6.45) is -8.74. The van der Waals surface area contributed by atoms with Crippen molar-refractivity contribution in [3.8, 4) is 0 Å². The number of carbonyl (C=O) groups excluding carboxylic acids is 2. The molecule has 2 aliphatic heterocycles. The molecule has 0 spiro atoms. The van der Waals surface area contributed by atoms with E-state index >= 15 is 0 Å². The van der Waals surface area contributed by atoms with Crippen molar-refractivity contribution in [3.05, 3.63) is 105 Å². The molecule has 48 heavy (non-hydrogen) atoms. The lowest BCUT2D eigenvalue weighted by Crippen LogP contribution is -2.56. The van der Waals surface area contributed by atoms with Crippen molar-refractivity contribution in [1.82, 2.24) is 20.0 Å². The third-order valence-corrected chi connectivity index (χ3v) is 9.72. The average molecular weight is 716 g/mol. The van der Waals surface area contributed by atoms with Gasteiger partial charge in [-0.15, -0.1) is 0 Å². The number of carbonyl (C=O) groups is 2. The Morgan fingerprint density at radius 2 is 1.44 bits per heavy atom. The summed E-state index contributed by atoms with van der Waals surface area (Å²) in [7, 11) is 0. The molecule has 2 fully saturated rings. The van der Waals surface area contributed by atoms with Crippen molar-refractivity contribution in [2.24, 2.45) is 0 Å². The number of piperazine rings is 1. The fourth-order valence-electron chi connectivity index (χ4n) is 6.61. The van der Waals surface area contributed by atoms with Gasteiger partial charge in [-0.05, 0) is 59.9 Å². The summed E-state index contributed by atoms with van der Waals surface area (Å²) >= 11 is 12.5. The molecule has 1 atom stereocenters. The summed E-state index contributed by atoms with van der Waals surface area (Å²) in [5, 5.41) is 3.66. The number of rotatable bonds is 7. The van der Waals surface area contributed by atoms with Crippen LogP contribution in [0.3, 0.4) is 0 Å². The molecule has 2 saturated heterocycles. The van der Waals surface area contributed by atoms with Crippen LogP contribution in [-0.4, -0.2) is 65.8 Å². The monoisotopic (exact) mass is 714 g/mol. The fourth-order valence-corrected chi connectivity index (χ4v) is 6.92. The molecule has 14 heteroatoms. The molecule has 1 unspecified atom stereocenters. The van der Waals surface area contributed by atoms with Crippen LogP contribution >= 0.6 is 23.2 Å². The molecule has 0 radical (unpaired) electrons. The number of nitrogens with zero attached hydrogens (tertiary/aromatic N) is 3. The number of hydrogen-bond donors (Lipinski definition) is 1. The van der Waals surface area contributed by atoms with Gasteiger partial charge in [0.1, 0.15) is 0 Å². The van der Waals surface area contributed by atoms with Crippen LogP contribution < -0.4 is 5.32 Å². The molecule has 2 aliphatic rings. The topological polar surface area (TPSA) is 55.9 Å². The van der Waals surface area contributed by atoms with Crippen LogP contribution in [0.1, 0.15) is 53.6 Å². The first kappa shape index (κ1) is 36.0. The number of nitrogens with one attached hydrogen (secondary N) is 1. The van der Waals surface area contributed by atoms with E-state index in [1.807, 2.05) is 35.2 Å². The summed E-state index contributed by atoms with van der Waals surface area (Å²) in [6, 6.07) is 15.6. The van der Waals surface area contributed by atoms with Crippen molar-refractivity contribution < 1.29 is 35.9 Å². The van der Waals surface area contributed by atoms with Crippen LogP contribution in [0.5, 0.6) is 0 Å². The van der Waals surface area contributed by atoms with E-state index in [9.17, 15) is 35.9 Å². The molecule has 0 aliphatic carbocycles. The Bertz CT molecular complexity index is 1600. The molecule has 2 amide bonds. The first-order valence-corrected chi connectivity index (χ1v) is 16.1. The number of alkyl halides is 6. The Labute approximate surface area is 284 Å². The average Bonchev–Trinajstić information content (AvgIpc) is 3.02. The summed E-state index contributed by atoms with van der Waals surface area (Å²) in [6.45, 7) is 3.00. The Hall–Kier alpha value is -3.32. The van der Waals surface area contributed by atoms with E-state index in [4.69, 9.17) is 23.2 Å². The lowest BCUT2D eigenvalue weighted by molar-refractivity contribution is -0.143. The highest BCUT2D eigenvalue weighted by Gasteiger charge is 2.40. The maximum Gasteiger partial charge on any atom is 0.416 e. The smallest absolute Gasteiger partial charge is 0.347 e. The second-order valence-electron chi connectivity index (χ2n) is 12.3. The molecule has 0 saturated carbocycles. The quantitative estimate of drug-likeness (QED) is 0.257. The maximum atomic E-state index is 13.9. The van der Waals surface area contributed by atoms with Crippen molar-refractivity contribution in [1.29, 1.82) is 0 Å². The number of amides is 2. The molecule has 5 rings (SSSR count). The molecule has 3 aromatic rings. The van der Waals surface area contributed by atoms with Gasteiger partial charge in [0.05, 0.1) is 39.3 Å². The van der Waals surface area contributed by atoms with Gasteiger partial charge in [-0.2, -0.15) is 26.3 Å². The Balaban J connectivity index is 1.34. The summed E-state index contributed by atoms with van der Waals surface area (Å²) in [5.74, 6) is -0.332. The third-order valence-electron chi connectivity index (χ3n) is 8.98. The van der Waals surface area contributed by atoms with Crippen molar-refractivity contribution >= 4 is 35.0 Å². The van der Waals surface area contributed by atoms with E-state index in [2.05, 4.69) is 5.32 Å². The minimum absolute atomic E-state index is 0.0886. The summed E-state index contributed by atoms with van der Waals surface area (Å²) in [4.78, 5) is 31.4. The number of halogens is 8.